The van der Waals surface area contributed by atoms with Crippen molar-refractivity contribution in [3.05, 3.63) is 71.8 Å². The van der Waals surface area contributed by atoms with Gasteiger partial charge in [-0.2, -0.15) is 0 Å². The van der Waals surface area contributed by atoms with Crippen molar-refractivity contribution in [2.45, 2.75) is 19.9 Å². The number of esters is 1. The molecule has 0 bridgehead atoms. The smallest absolute Gasteiger partial charge is 0.330 e. The van der Waals surface area contributed by atoms with Gasteiger partial charge in [0.1, 0.15) is 6.04 Å². The highest BCUT2D eigenvalue weighted by molar-refractivity contribution is 6.13. The molecule has 0 aliphatic carbocycles. The van der Waals surface area contributed by atoms with Gasteiger partial charge in [0, 0.05) is 11.1 Å². The first-order valence-electron chi connectivity index (χ1n) is 7.07. The van der Waals surface area contributed by atoms with Gasteiger partial charge in [-0.05, 0) is 13.8 Å². The molecule has 21 heavy (non-hydrogen) atoms. The SMILES string of the molecule is CCOC(=O)C(C)[15N]=C(c1ccccc1)c1ccccc1. The van der Waals surface area contributed by atoms with Crippen molar-refractivity contribution >= 4 is 11.7 Å². The standard InChI is InChI=1S/C18H19NO2/c1-3-21-18(20)14(2)19-17(15-10-6-4-7-11-15)16-12-8-5-9-13-16/h4-14H,3H2,1-2H3/i19+1. The quantitative estimate of drug-likeness (QED) is 0.478. The monoisotopic (exact) mass is 282 g/mol. The summed E-state index contributed by atoms with van der Waals surface area (Å²) >= 11 is 0. The summed E-state index contributed by atoms with van der Waals surface area (Å²) < 4.78 is 5.03. The summed E-state index contributed by atoms with van der Waals surface area (Å²) in [5.41, 5.74) is 2.77. The van der Waals surface area contributed by atoms with Crippen molar-refractivity contribution in [1.82, 2.24) is 0 Å². The number of aliphatic imine (C=N–C) groups is 1. The van der Waals surface area contributed by atoms with Gasteiger partial charge in [0.05, 0.1) is 12.3 Å². The number of nitrogens with zero attached hydrogens (tertiary/aromatic N) is 1. The molecule has 1 atom stereocenters. The molecule has 108 valence electrons. The topological polar surface area (TPSA) is 38.7 Å². The predicted molar refractivity (Wildman–Crippen MR) is 84.6 cm³/mol. The second-order valence-electron chi connectivity index (χ2n) is 4.64. The van der Waals surface area contributed by atoms with Gasteiger partial charge in [0.25, 0.3) is 0 Å². The Bertz CT molecular complexity index is 564. The Morgan fingerprint density at radius 2 is 1.48 bits per heavy atom. The van der Waals surface area contributed by atoms with Gasteiger partial charge in [0.2, 0.25) is 0 Å². The number of benzene rings is 2. The van der Waals surface area contributed by atoms with Gasteiger partial charge in [-0.1, -0.05) is 60.7 Å². The van der Waals surface area contributed by atoms with Gasteiger partial charge in [-0.3, -0.25) is 4.99 Å². The molecule has 2 aromatic carbocycles. The third-order valence-corrected chi connectivity index (χ3v) is 3.04. The van der Waals surface area contributed by atoms with Crippen molar-refractivity contribution < 1.29 is 9.53 Å². The molecule has 0 radical (unpaired) electrons. The minimum Gasteiger partial charge on any atom is -0.464 e. The van der Waals surface area contributed by atoms with Crippen LogP contribution in [0.5, 0.6) is 0 Å². The number of ether oxygens (including phenoxy) is 1. The highest BCUT2D eigenvalue weighted by Crippen LogP contribution is 2.12. The molecule has 0 fully saturated rings. The third kappa shape index (κ3) is 4.02. The normalized spacial score (nSPS) is 11.5. The average molecular weight is 282 g/mol. The first-order chi connectivity index (χ1) is 10.2. The van der Waals surface area contributed by atoms with Gasteiger partial charge >= 0.3 is 5.97 Å². The molecule has 0 aliphatic heterocycles. The van der Waals surface area contributed by atoms with E-state index in [1.807, 2.05) is 60.7 Å². The zero-order chi connectivity index (χ0) is 15.1. The maximum atomic E-state index is 11.8. The van der Waals surface area contributed by atoms with Gasteiger partial charge in [-0.15, -0.1) is 0 Å². The van der Waals surface area contributed by atoms with Crippen molar-refractivity contribution in [3.8, 4) is 0 Å². The second-order valence-corrected chi connectivity index (χ2v) is 4.64. The van der Waals surface area contributed by atoms with Crippen molar-refractivity contribution in [2.75, 3.05) is 6.61 Å². The van der Waals surface area contributed by atoms with Crippen LogP contribution >= 0.6 is 0 Å². The fourth-order valence-corrected chi connectivity index (χ4v) is 2.02. The van der Waals surface area contributed by atoms with Crippen molar-refractivity contribution in [3.63, 3.8) is 0 Å². The van der Waals surface area contributed by atoms with Crippen LogP contribution in [0, 0.1) is 0 Å². The number of carbonyl (C=O) groups is 1. The summed E-state index contributed by atoms with van der Waals surface area (Å²) in [6.45, 7) is 3.91. The molecule has 0 aromatic heterocycles. The Morgan fingerprint density at radius 1 is 1.00 bits per heavy atom. The summed E-state index contributed by atoms with van der Waals surface area (Å²) in [6, 6.07) is 19.2. The predicted octanol–water partition coefficient (Wildman–Crippen LogP) is 3.48. The Balaban J connectivity index is 2.40. The molecule has 0 N–H and O–H groups in total. The highest BCUT2D eigenvalue weighted by Gasteiger charge is 2.15. The van der Waals surface area contributed by atoms with E-state index in [1.54, 1.807) is 13.8 Å². The minimum absolute atomic E-state index is 0.304. The van der Waals surface area contributed by atoms with Gasteiger partial charge in [-0.25, -0.2) is 4.79 Å². The zero-order valence-corrected chi connectivity index (χ0v) is 12.3. The Morgan fingerprint density at radius 3 is 1.90 bits per heavy atom. The molecule has 2 aromatic rings. The summed E-state index contributed by atoms with van der Waals surface area (Å²) in [4.78, 5) is 16.4. The van der Waals surface area contributed by atoms with Crippen LogP contribution in [0.1, 0.15) is 25.0 Å². The van der Waals surface area contributed by atoms with Crippen LogP contribution < -0.4 is 0 Å². The van der Waals surface area contributed by atoms with E-state index >= 15 is 0 Å². The van der Waals surface area contributed by atoms with Crippen LogP contribution in [0.15, 0.2) is 65.7 Å². The maximum Gasteiger partial charge on any atom is 0.330 e. The largest absolute Gasteiger partial charge is 0.464 e. The number of carbonyl (C=O) groups excluding carboxylic acids is 1. The van der Waals surface area contributed by atoms with Gasteiger partial charge in [0.15, 0.2) is 0 Å². The lowest BCUT2D eigenvalue weighted by Gasteiger charge is -2.11. The van der Waals surface area contributed by atoms with Gasteiger partial charge < -0.3 is 4.74 Å². The molecule has 0 heterocycles. The fourth-order valence-electron chi connectivity index (χ4n) is 2.02. The lowest BCUT2D eigenvalue weighted by molar-refractivity contribution is -0.144. The third-order valence-electron chi connectivity index (χ3n) is 3.04. The number of rotatable bonds is 5. The van der Waals surface area contributed by atoms with Crippen molar-refractivity contribution in [2.24, 2.45) is 4.99 Å². The van der Waals surface area contributed by atoms with Crippen LogP contribution in [0.2, 0.25) is 0 Å². The Hall–Kier alpha value is -2.42. The molecule has 3 nitrogen and oxygen atoms in total. The molecule has 3 heteroatoms. The lowest BCUT2D eigenvalue weighted by Crippen LogP contribution is -2.20. The van der Waals surface area contributed by atoms with E-state index in [0.717, 1.165) is 16.8 Å². The Labute approximate surface area is 125 Å². The molecular formula is C18H19NO2. The van der Waals surface area contributed by atoms with E-state index in [4.69, 9.17) is 4.74 Å². The average Bonchev–Trinajstić information content (AvgIpc) is 2.54. The summed E-state index contributed by atoms with van der Waals surface area (Å²) in [5.74, 6) is -0.304. The summed E-state index contributed by atoms with van der Waals surface area (Å²) in [5, 5.41) is 0. The second kappa shape index (κ2) is 7.39. The van der Waals surface area contributed by atoms with E-state index < -0.39 is 6.04 Å². The maximum absolute atomic E-state index is 11.8. The number of hydrogen-bond acceptors (Lipinski definition) is 3. The fraction of sp³-hybridized carbons (Fsp3) is 0.222. The molecule has 1 unspecified atom stereocenters. The summed E-state index contributed by atoms with van der Waals surface area (Å²) in [7, 11) is 0. The summed E-state index contributed by atoms with van der Waals surface area (Å²) in [6.07, 6.45) is 0. The molecule has 0 saturated carbocycles. The van der Waals surface area contributed by atoms with Crippen LogP contribution in [-0.2, 0) is 9.53 Å². The van der Waals surface area contributed by atoms with E-state index in [1.165, 1.54) is 0 Å². The molecule has 2 rings (SSSR count). The lowest BCUT2D eigenvalue weighted by atomic mass is 10.0. The first kappa shape index (κ1) is 15.0. The molecular weight excluding hydrogens is 263 g/mol. The van der Waals surface area contributed by atoms with Crippen LogP contribution in [-0.4, -0.2) is 24.3 Å². The van der Waals surface area contributed by atoms with Crippen LogP contribution in [0.25, 0.3) is 0 Å². The molecule has 0 amide bonds. The van der Waals surface area contributed by atoms with E-state index in [0.29, 0.717) is 6.61 Å². The van der Waals surface area contributed by atoms with Crippen molar-refractivity contribution in [1.29, 1.82) is 0 Å². The molecule has 0 saturated heterocycles. The minimum atomic E-state index is -0.527. The molecule has 0 spiro atoms. The van der Waals surface area contributed by atoms with Crippen LogP contribution in [0.3, 0.4) is 0 Å². The highest BCUT2D eigenvalue weighted by atomic mass is 16.5. The zero-order valence-electron chi connectivity index (χ0n) is 12.3. The molecule has 0 aliphatic rings. The first-order valence-corrected chi connectivity index (χ1v) is 7.07. The number of hydrogen-bond donors (Lipinski definition) is 0. The van der Waals surface area contributed by atoms with E-state index in [9.17, 15) is 4.79 Å². The van der Waals surface area contributed by atoms with Crippen LogP contribution in [0.4, 0.5) is 0 Å². The van der Waals surface area contributed by atoms with E-state index in [2.05, 4.69) is 4.99 Å². The van der Waals surface area contributed by atoms with E-state index in [-0.39, 0.29) is 5.97 Å². The Kier molecular flexibility index (Phi) is 5.27.